The molecular formula is C16H14N2O6. The highest BCUT2D eigenvalue weighted by atomic mass is 16.6. The number of nitro groups is 1. The Kier molecular flexibility index (Phi) is 5.45. The van der Waals surface area contributed by atoms with Crippen molar-refractivity contribution in [1.82, 2.24) is 0 Å². The van der Waals surface area contributed by atoms with Crippen molar-refractivity contribution in [2.24, 2.45) is 0 Å². The number of hydrogen-bond acceptors (Lipinski definition) is 7. The number of esters is 2. The number of ether oxygens (including phenoxy) is 2. The van der Waals surface area contributed by atoms with Gasteiger partial charge in [0.15, 0.2) is 0 Å². The molecule has 0 aliphatic carbocycles. The lowest BCUT2D eigenvalue weighted by Gasteiger charge is -2.07. The zero-order valence-corrected chi connectivity index (χ0v) is 12.5. The van der Waals surface area contributed by atoms with Crippen LogP contribution in [0.25, 0.3) is 0 Å². The van der Waals surface area contributed by atoms with Gasteiger partial charge in [0.2, 0.25) is 0 Å². The van der Waals surface area contributed by atoms with Crippen LogP contribution < -0.4 is 5.73 Å². The molecule has 2 rings (SSSR count). The van der Waals surface area contributed by atoms with Gasteiger partial charge in [-0.25, -0.2) is 9.59 Å². The highest BCUT2D eigenvalue weighted by molar-refractivity contribution is 5.91. The first kappa shape index (κ1) is 16.9. The summed E-state index contributed by atoms with van der Waals surface area (Å²) in [7, 11) is 0. The molecule has 0 aliphatic rings. The number of nitrogen functional groups attached to an aromatic ring is 1. The summed E-state index contributed by atoms with van der Waals surface area (Å²) in [5.41, 5.74) is 5.40. The molecule has 2 aromatic carbocycles. The highest BCUT2D eigenvalue weighted by Gasteiger charge is 2.16. The van der Waals surface area contributed by atoms with Crippen molar-refractivity contribution in [3.05, 3.63) is 69.8 Å². The molecule has 2 N–H and O–H groups in total. The number of benzene rings is 2. The molecule has 0 radical (unpaired) electrons. The van der Waals surface area contributed by atoms with Crippen LogP contribution in [0.2, 0.25) is 0 Å². The van der Waals surface area contributed by atoms with E-state index in [4.69, 9.17) is 15.2 Å². The van der Waals surface area contributed by atoms with Crippen molar-refractivity contribution in [2.75, 3.05) is 18.9 Å². The third kappa shape index (κ3) is 4.29. The molecule has 124 valence electrons. The Bertz CT molecular complexity index is 760. The molecule has 0 amide bonds. The van der Waals surface area contributed by atoms with Crippen molar-refractivity contribution in [2.45, 2.75) is 0 Å². The summed E-state index contributed by atoms with van der Waals surface area (Å²) in [6.07, 6.45) is 0. The quantitative estimate of drug-likeness (QED) is 0.283. The van der Waals surface area contributed by atoms with Gasteiger partial charge in [0.1, 0.15) is 18.9 Å². The normalized spacial score (nSPS) is 10.0. The number of carbonyl (C=O) groups excluding carboxylic acids is 2. The second-order valence-corrected chi connectivity index (χ2v) is 4.67. The first-order valence-electron chi connectivity index (χ1n) is 6.92. The minimum atomic E-state index is -0.770. The van der Waals surface area contributed by atoms with Crippen LogP contribution in [0.3, 0.4) is 0 Å². The predicted molar refractivity (Wildman–Crippen MR) is 84.5 cm³/mol. The average molecular weight is 330 g/mol. The number of carbonyl (C=O) groups is 2. The Morgan fingerprint density at radius 3 is 2.12 bits per heavy atom. The number of rotatable bonds is 6. The summed E-state index contributed by atoms with van der Waals surface area (Å²) in [4.78, 5) is 33.6. The Morgan fingerprint density at radius 2 is 1.54 bits per heavy atom. The van der Waals surface area contributed by atoms with Crippen molar-refractivity contribution in [3.8, 4) is 0 Å². The fraction of sp³-hybridized carbons (Fsp3) is 0.125. The molecule has 0 heterocycles. The van der Waals surface area contributed by atoms with Crippen LogP contribution in [0.1, 0.15) is 20.7 Å². The van der Waals surface area contributed by atoms with Gasteiger partial charge < -0.3 is 15.2 Å². The smallest absolute Gasteiger partial charge is 0.338 e. The number of nitro benzene ring substituents is 1. The van der Waals surface area contributed by atoms with E-state index in [1.165, 1.54) is 12.1 Å². The zero-order valence-electron chi connectivity index (χ0n) is 12.5. The van der Waals surface area contributed by atoms with Crippen molar-refractivity contribution in [1.29, 1.82) is 0 Å². The second-order valence-electron chi connectivity index (χ2n) is 4.67. The lowest BCUT2D eigenvalue weighted by Crippen LogP contribution is -2.14. The summed E-state index contributed by atoms with van der Waals surface area (Å²) in [6, 6.07) is 12.0. The monoisotopic (exact) mass is 330 g/mol. The van der Waals surface area contributed by atoms with Crippen molar-refractivity contribution in [3.63, 3.8) is 0 Å². The first-order chi connectivity index (χ1) is 11.5. The molecule has 0 spiro atoms. The summed E-state index contributed by atoms with van der Waals surface area (Å²) < 4.78 is 9.86. The number of nitrogens with zero attached hydrogens (tertiary/aromatic N) is 1. The average Bonchev–Trinajstić information content (AvgIpc) is 2.59. The zero-order chi connectivity index (χ0) is 17.5. The van der Waals surface area contributed by atoms with E-state index in [1.807, 2.05) is 0 Å². The maximum atomic E-state index is 11.8. The third-order valence-electron chi connectivity index (χ3n) is 3.02. The van der Waals surface area contributed by atoms with Gasteiger partial charge in [-0.3, -0.25) is 10.1 Å². The van der Waals surface area contributed by atoms with E-state index < -0.39 is 16.9 Å². The van der Waals surface area contributed by atoms with Gasteiger partial charge in [-0.05, 0) is 24.3 Å². The largest absolute Gasteiger partial charge is 0.458 e. The summed E-state index contributed by atoms with van der Waals surface area (Å²) >= 11 is 0. The van der Waals surface area contributed by atoms with Crippen LogP contribution in [0.15, 0.2) is 48.5 Å². The van der Waals surface area contributed by atoms with Crippen molar-refractivity contribution >= 4 is 23.3 Å². The molecule has 0 aromatic heterocycles. The second kappa shape index (κ2) is 7.73. The Hall–Kier alpha value is -3.42. The molecule has 0 unspecified atom stereocenters. The fourth-order valence-corrected chi connectivity index (χ4v) is 1.84. The molecule has 8 nitrogen and oxygen atoms in total. The molecule has 8 heteroatoms. The minimum Gasteiger partial charge on any atom is -0.458 e. The lowest BCUT2D eigenvalue weighted by atomic mass is 10.2. The summed E-state index contributed by atoms with van der Waals surface area (Å²) in [5, 5.41) is 10.8. The molecular weight excluding hydrogens is 316 g/mol. The maximum Gasteiger partial charge on any atom is 0.338 e. The van der Waals surface area contributed by atoms with Crippen molar-refractivity contribution < 1.29 is 24.0 Å². The summed E-state index contributed by atoms with van der Waals surface area (Å²) in [5.74, 6) is -1.30. The van der Waals surface area contributed by atoms with E-state index in [9.17, 15) is 19.7 Å². The standard InChI is InChI=1S/C16H14N2O6/c17-13-7-6-12(10-14(13)18(21)22)16(20)24-9-8-23-15(19)11-4-2-1-3-5-11/h1-7,10H,8-9,17H2. The van der Waals surface area contributed by atoms with E-state index in [0.29, 0.717) is 5.56 Å². The molecule has 0 saturated heterocycles. The number of hydrogen-bond donors (Lipinski definition) is 1. The van der Waals surface area contributed by atoms with Gasteiger partial charge in [0, 0.05) is 6.07 Å². The SMILES string of the molecule is Nc1ccc(C(=O)OCCOC(=O)c2ccccc2)cc1[N+](=O)[O-]. The lowest BCUT2D eigenvalue weighted by molar-refractivity contribution is -0.383. The van der Waals surface area contributed by atoms with E-state index in [-0.39, 0.29) is 30.2 Å². The Morgan fingerprint density at radius 1 is 0.958 bits per heavy atom. The van der Waals surface area contributed by atoms with Crippen LogP contribution in [0, 0.1) is 10.1 Å². The van der Waals surface area contributed by atoms with E-state index in [2.05, 4.69) is 0 Å². The molecule has 0 bridgehead atoms. The fourth-order valence-electron chi connectivity index (χ4n) is 1.84. The van der Waals surface area contributed by atoms with Gasteiger partial charge in [-0.1, -0.05) is 18.2 Å². The molecule has 0 fully saturated rings. The molecule has 24 heavy (non-hydrogen) atoms. The van der Waals surface area contributed by atoms with E-state index in [1.54, 1.807) is 30.3 Å². The topological polar surface area (TPSA) is 122 Å². The Labute approximate surface area is 136 Å². The van der Waals surface area contributed by atoms with E-state index in [0.717, 1.165) is 6.07 Å². The van der Waals surface area contributed by atoms with Gasteiger partial charge in [-0.2, -0.15) is 0 Å². The maximum absolute atomic E-state index is 11.8. The highest BCUT2D eigenvalue weighted by Crippen LogP contribution is 2.22. The van der Waals surface area contributed by atoms with Crippen LogP contribution in [-0.2, 0) is 9.47 Å². The van der Waals surface area contributed by atoms with Gasteiger partial charge in [-0.15, -0.1) is 0 Å². The molecule has 2 aromatic rings. The first-order valence-corrected chi connectivity index (χ1v) is 6.92. The van der Waals surface area contributed by atoms with Crippen LogP contribution >= 0.6 is 0 Å². The molecule has 0 aliphatic heterocycles. The van der Waals surface area contributed by atoms with Gasteiger partial charge in [0.25, 0.3) is 5.69 Å². The number of anilines is 1. The summed E-state index contributed by atoms with van der Waals surface area (Å²) in [6.45, 7) is -0.299. The van der Waals surface area contributed by atoms with Gasteiger partial charge >= 0.3 is 11.9 Å². The Balaban J connectivity index is 1.84. The van der Waals surface area contributed by atoms with Crippen LogP contribution in [0.4, 0.5) is 11.4 Å². The third-order valence-corrected chi connectivity index (χ3v) is 3.02. The minimum absolute atomic E-state index is 0.00899. The van der Waals surface area contributed by atoms with Gasteiger partial charge in [0.05, 0.1) is 16.1 Å². The molecule has 0 atom stereocenters. The van der Waals surface area contributed by atoms with Crippen LogP contribution in [0.5, 0.6) is 0 Å². The van der Waals surface area contributed by atoms with Crippen LogP contribution in [-0.4, -0.2) is 30.1 Å². The predicted octanol–water partition coefficient (Wildman–Crippen LogP) is 2.19. The number of nitrogens with two attached hydrogens (primary N) is 1. The van der Waals surface area contributed by atoms with E-state index >= 15 is 0 Å². The molecule has 0 saturated carbocycles.